The molecule has 1 aliphatic heterocycles. The van der Waals surface area contributed by atoms with Crippen molar-refractivity contribution in [2.24, 2.45) is 0 Å². The van der Waals surface area contributed by atoms with Gasteiger partial charge in [-0.05, 0) is 98.9 Å². The second kappa shape index (κ2) is 5.81. The van der Waals surface area contributed by atoms with E-state index < -0.39 is 0 Å². The Bertz CT molecular complexity index is 1490. The van der Waals surface area contributed by atoms with Crippen LogP contribution in [0.3, 0.4) is 0 Å². The van der Waals surface area contributed by atoms with E-state index in [0.29, 0.717) is 22.3 Å². The monoisotopic (exact) mass is 422 g/mol. The summed E-state index contributed by atoms with van der Waals surface area (Å²) in [5, 5.41) is 7.31. The van der Waals surface area contributed by atoms with Gasteiger partial charge in [0, 0.05) is 37.6 Å². The van der Waals surface area contributed by atoms with Crippen molar-refractivity contribution in [2.45, 2.75) is 11.3 Å². The molecule has 0 N–H and O–H groups in total. The lowest BCUT2D eigenvalue weighted by atomic mass is 9.81. The summed E-state index contributed by atoms with van der Waals surface area (Å²) < 4.78 is 1.19. The Kier molecular flexibility index (Phi) is 3.25. The van der Waals surface area contributed by atoms with Gasteiger partial charge in [-0.15, -0.1) is 23.1 Å². The summed E-state index contributed by atoms with van der Waals surface area (Å²) in [7, 11) is 0. The highest BCUT2D eigenvalue weighted by Gasteiger charge is 2.31. The Morgan fingerprint density at radius 2 is 1.23 bits per heavy atom. The first kappa shape index (κ1) is 16.8. The first-order valence-corrected chi connectivity index (χ1v) is 11.8. The van der Waals surface area contributed by atoms with E-state index in [9.17, 15) is 9.59 Å². The van der Waals surface area contributed by atoms with Crippen LogP contribution in [0.2, 0.25) is 0 Å². The number of fused-ring (bicyclic) bond motifs is 6. The Labute approximate surface area is 180 Å². The second-order valence-corrected chi connectivity index (χ2v) is 10.1. The molecular formula is C26H14O2S2. The molecule has 0 unspecified atom stereocenters. The van der Waals surface area contributed by atoms with Crippen LogP contribution in [0.5, 0.6) is 0 Å². The molecule has 0 bridgehead atoms. The third kappa shape index (κ3) is 2.21. The lowest BCUT2D eigenvalue weighted by Gasteiger charge is -2.19. The third-order valence-corrected chi connectivity index (χ3v) is 8.29. The van der Waals surface area contributed by atoms with E-state index in [1.54, 1.807) is 11.3 Å². The Morgan fingerprint density at radius 1 is 0.633 bits per heavy atom. The number of rotatable bonds is 0. The third-order valence-electron chi connectivity index (χ3n) is 6.31. The highest BCUT2D eigenvalue weighted by Crippen LogP contribution is 2.38. The average Bonchev–Trinajstić information content (AvgIpc) is 3.40. The summed E-state index contributed by atoms with van der Waals surface area (Å²) in [5.74, 6) is 0.991. The van der Waals surface area contributed by atoms with Gasteiger partial charge in [-0.25, -0.2) is 0 Å². The van der Waals surface area contributed by atoms with Gasteiger partial charge in [0.05, 0.1) is 0 Å². The van der Waals surface area contributed by atoms with E-state index in [2.05, 4.69) is 35.7 Å². The van der Waals surface area contributed by atoms with Crippen LogP contribution in [0.25, 0.3) is 31.6 Å². The fourth-order valence-corrected chi connectivity index (χ4v) is 6.70. The van der Waals surface area contributed by atoms with E-state index >= 15 is 0 Å². The van der Waals surface area contributed by atoms with E-state index in [4.69, 9.17) is 0 Å². The smallest absolute Gasteiger partial charge is 0.194 e. The maximum atomic E-state index is 13.4. The fourth-order valence-electron chi connectivity index (χ4n) is 4.78. The number of aryl methyl sites for hydroxylation is 1. The van der Waals surface area contributed by atoms with Crippen molar-refractivity contribution in [1.29, 1.82) is 0 Å². The number of benzene rings is 4. The molecule has 4 heteroatoms. The maximum Gasteiger partial charge on any atom is 0.194 e. The summed E-state index contributed by atoms with van der Waals surface area (Å²) in [6, 6.07) is 18.3. The van der Waals surface area contributed by atoms with E-state index in [1.165, 1.54) is 20.5 Å². The van der Waals surface area contributed by atoms with Gasteiger partial charge in [-0.3, -0.25) is 9.59 Å². The van der Waals surface area contributed by atoms with Gasteiger partial charge in [0.2, 0.25) is 0 Å². The van der Waals surface area contributed by atoms with Crippen LogP contribution in [0.4, 0.5) is 0 Å². The lowest BCUT2D eigenvalue weighted by Crippen LogP contribution is -2.21. The van der Waals surface area contributed by atoms with Crippen LogP contribution >= 0.6 is 23.1 Å². The predicted octanol–water partition coefficient (Wildman–Crippen LogP) is 6.63. The Morgan fingerprint density at radius 3 is 1.93 bits per heavy atom. The maximum absolute atomic E-state index is 13.4. The van der Waals surface area contributed by atoms with Gasteiger partial charge in [-0.2, -0.15) is 0 Å². The molecule has 0 amide bonds. The molecule has 30 heavy (non-hydrogen) atoms. The summed E-state index contributed by atoms with van der Waals surface area (Å²) in [6.45, 7) is 0. The zero-order valence-corrected chi connectivity index (χ0v) is 17.5. The standard InChI is InChI=1S/C26H14O2S2/c27-25-19-7-15-5-13-1-3-29-23(13)11-17(15)9-21(19)26(28)20-8-16-6-14-2-4-30-24(14)12-18(16)10-22(20)25/h1,3,5-12H,2,4H2. The molecule has 2 aliphatic rings. The van der Waals surface area contributed by atoms with Gasteiger partial charge < -0.3 is 0 Å². The van der Waals surface area contributed by atoms with Crippen LogP contribution in [-0.2, 0) is 6.42 Å². The lowest BCUT2D eigenvalue weighted by molar-refractivity contribution is 0.0979. The molecule has 0 atom stereocenters. The van der Waals surface area contributed by atoms with Crippen LogP contribution in [0, 0.1) is 0 Å². The number of ketones is 2. The van der Waals surface area contributed by atoms with Crippen LogP contribution in [0.1, 0.15) is 37.4 Å². The summed E-state index contributed by atoms with van der Waals surface area (Å²) >= 11 is 3.55. The van der Waals surface area contributed by atoms with Crippen molar-refractivity contribution in [3.8, 4) is 0 Å². The van der Waals surface area contributed by atoms with Crippen LogP contribution in [0.15, 0.2) is 64.9 Å². The number of hydrogen-bond donors (Lipinski definition) is 0. The van der Waals surface area contributed by atoms with Crippen LogP contribution < -0.4 is 0 Å². The molecule has 7 rings (SSSR count). The molecule has 0 saturated heterocycles. The molecule has 0 saturated carbocycles. The zero-order valence-electron chi connectivity index (χ0n) is 15.8. The van der Waals surface area contributed by atoms with Gasteiger partial charge in [-0.1, -0.05) is 0 Å². The molecule has 4 aromatic carbocycles. The number of hydrogen-bond acceptors (Lipinski definition) is 4. The minimum absolute atomic E-state index is 0.0513. The van der Waals surface area contributed by atoms with Gasteiger partial charge in [0.15, 0.2) is 11.6 Å². The normalized spacial score (nSPS) is 15.1. The molecule has 1 aromatic heterocycles. The van der Waals surface area contributed by atoms with Crippen molar-refractivity contribution in [2.75, 3.05) is 5.75 Å². The molecule has 0 spiro atoms. The molecule has 2 nitrogen and oxygen atoms in total. The summed E-state index contributed by atoms with van der Waals surface area (Å²) in [5.41, 5.74) is 3.44. The number of thioether (sulfide) groups is 1. The molecule has 2 heterocycles. The number of thiophene rings is 1. The van der Waals surface area contributed by atoms with Crippen LogP contribution in [-0.4, -0.2) is 17.3 Å². The highest BCUT2D eigenvalue weighted by atomic mass is 32.2. The second-order valence-electron chi connectivity index (χ2n) is 8.02. The quantitative estimate of drug-likeness (QED) is 0.275. The molecule has 5 aromatic rings. The number of carbonyl (C=O) groups is 2. The minimum Gasteiger partial charge on any atom is -0.289 e. The SMILES string of the molecule is O=C1c2cc3cc4c(cc3cc2C(=O)c2cc3cc5sccc5cc3cc21)CCS4. The van der Waals surface area contributed by atoms with Gasteiger partial charge in [0.1, 0.15) is 0 Å². The molecule has 0 fully saturated rings. The van der Waals surface area contributed by atoms with Crippen molar-refractivity contribution in [1.82, 2.24) is 0 Å². The largest absolute Gasteiger partial charge is 0.289 e. The summed E-state index contributed by atoms with van der Waals surface area (Å²) in [4.78, 5) is 28.2. The number of carbonyl (C=O) groups excluding carboxylic acids is 2. The molecule has 142 valence electrons. The van der Waals surface area contributed by atoms with Gasteiger partial charge >= 0.3 is 0 Å². The first-order valence-electron chi connectivity index (χ1n) is 9.94. The molecule has 1 aliphatic carbocycles. The van der Waals surface area contributed by atoms with Crippen molar-refractivity contribution in [3.05, 3.63) is 87.8 Å². The predicted molar refractivity (Wildman–Crippen MR) is 125 cm³/mol. The van der Waals surface area contributed by atoms with E-state index in [1.807, 2.05) is 36.0 Å². The topological polar surface area (TPSA) is 34.1 Å². The average molecular weight is 423 g/mol. The van der Waals surface area contributed by atoms with Crippen molar-refractivity contribution < 1.29 is 9.59 Å². The zero-order chi connectivity index (χ0) is 20.0. The Hall–Kier alpha value is -2.95. The van der Waals surface area contributed by atoms with Gasteiger partial charge in [0.25, 0.3) is 0 Å². The first-order chi connectivity index (χ1) is 14.7. The van der Waals surface area contributed by atoms with Crippen molar-refractivity contribution >= 4 is 66.3 Å². The molecule has 0 radical (unpaired) electrons. The summed E-state index contributed by atoms with van der Waals surface area (Å²) in [6.07, 6.45) is 1.06. The van der Waals surface area contributed by atoms with E-state index in [0.717, 1.165) is 33.7 Å². The fraction of sp³-hybridized carbons (Fsp3) is 0.0769. The highest BCUT2D eigenvalue weighted by molar-refractivity contribution is 7.99. The Balaban J connectivity index is 1.49. The minimum atomic E-state index is -0.0537. The van der Waals surface area contributed by atoms with E-state index in [-0.39, 0.29) is 11.6 Å². The van der Waals surface area contributed by atoms with Crippen molar-refractivity contribution in [3.63, 3.8) is 0 Å². The molecular weight excluding hydrogens is 408 g/mol.